The van der Waals surface area contributed by atoms with E-state index < -0.39 is 17.3 Å². The topological polar surface area (TPSA) is 105 Å². The monoisotopic (exact) mass is 346 g/mol. The number of hydrogen-bond donors (Lipinski definition) is 2. The van der Waals surface area contributed by atoms with Crippen LogP contribution in [0.5, 0.6) is 11.5 Å². The number of carboxylic acid groups (broad SMARTS) is 1. The van der Waals surface area contributed by atoms with Crippen molar-refractivity contribution in [1.82, 2.24) is 10.2 Å². The molecule has 2 atom stereocenters. The van der Waals surface area contributed by atoms with Crippen molar-refractivity contribution in [2.75, 3.05) is 26.4 Å². The Morgan fingerprint density at radius 1 is 1.32 bits per heavy atom. The molecule has 4 rings (SSSR count). The number of ether oxygens (including phenoxy) is 2. The Morgan fingerprint density at radius 2 is 2.12 bits per heavy atom. The largest absolute Gasteiger partial charge is 0.481 e. The van der Waals surface area contributed by atoms with Gasteiger partial charge in [0.15, 0.2) is 11.5 Å². The van der Waals surface area contributed by atoms with Crippen LogP contribution in [0.2, 0.25) is 0 Å². The number of benzene rings is 1. The van der Waals surface area contributed by atoms with E-state index in [-0.39, 0.29) is 44.7 Å². The van der Waals surface area contributed by atoms with Gasteiger partial charge < -0.3 is 24.8 Å². The minimum atomic E-state index is -1.19. The molecule has 0 unspecified atom stereocenters. The summed E-state index contributed by atoms with van der Waals surface area (Å²) in [5, 5.41) is 12.1. The smallest absolute Gasteiger partial charge is 0.314 e. The fourth-order valence-electron chi connectivity index (χ4n) is 3.78. The number of carbonyl (C=O) groups excluding carboxylic acids is 2. The Morgan fingerprint density at radius 3 is 2.88 bits per heavy atom. The number of aryl methyl sites for hydroxylation is 1. The minimum Gasteiger partial charge on any atom is -0.481 e. The minimum absolute atomic E-state index is 0.0751. The molecule has 3 aliphatic heterocycles. The van der Waals surface area contributed by atoms with Crippen molar-refractivity contribution in [3.05, 3.63) is 23.8 Å². The summed E-state index contributed by atoms with van der Waals surface area (Å²) in [4.78, 5) is 37.5. The van der Waals surface area contributed by atoms with Crippen molar-refractivity contribution in [2.45, 2.75) is 12.8 Å². The molecule has 1 aromatic carbocycles. The third-order valence-electron chi connectivity index (χ3n) is 5.28. The highest BCUT2D eigenvalue weighted by Crippen LogP contribution is 2.40. The second kappa shape index (κ2) is 5.65. The van der Waals surface area contributed by atoms with Gasteiger partial charge in [0, 0.05) is 26.1 Å². The number of nitrogens with one attached hydrogen (secondary N) is 1. The highest BCUT2D eigenvalue weighted by Gasteiger charge is 2.60. The van der Waals surface area contributed by atoms with Gasteiger partial charge in [0.25, 0.3) is 0 Å². The number of aliphatic carboxylic acids is 1. The van der Waals surface area contributed by atoms with E-state index in [0.29, 0.717) is 17.9 Å². The fraction of sp³-hybridized carbons (Fsp3) is 0.471. The maximum atomic E-state index is 12.5. The predicted molar refractivity (Wildman–Crippen MR) is 84.0 cm³/mol. The summed E-state index contributed by atoms with van der Waals surface area (Å²) in [6, 6.07) is 5.54. The van der Waals surface area contributed by atoms with Gasteiger partial charge >= 0.3 is 5.97 Å². The van der Waals surface area contributed by atoms with Crippen LogP contribution in [-0.2, 0) is 20.8 Å². The van der Waals surface area contributed by atoms with Gasteiger partial charge in [-0.2, -0.15) is 0 Å². The first-order valence-corrected chi connectivity index (χ1v) is 8.17. The molecule has 0 aromatic heterocycles. The highest BCUT2D eigenvalue weighted by atomic mass is 16.7. The van der Waals surface area contributed by atoms with Crippen LogP contribution in [0, 0.1) is 11.3 Å². The first-order valence-electron chi connectivity index (χ1n) is 8.17. The molecule has 2 N–H and O–H groups in total. The lowest BCUT2D eigenvalue weighted by atomic mass is 9.81. The van der Waals surface area contributed by atoms with Gasteiger partial charge in [-0.1, -0.05) is 6.07 Å². The molecule has 3 aliphatic rings. The molecule has 2 fully saturated rings. The Hall–Kier alpha value is -2.77. The van der Waals surface area contributed by atoms with Crippen LogP contribution < -0.4 is 14.8 Å². The van der Waals surface area contributed by atoms with E-state index in [1.54, 1.807) is 0 Å². The Balaban J connectivity index is 1.41. The summed E-state index contributed by atoms with van der Waals surface area (Å²) in [7, 11) is 0. The van der Waals surface area contributed by atoms with Crippen LogP contribution in [0.1, 0.15) is 12.0 Å². The molecule has 8 nitrogen and oxygen atoms in total. The molecule has 0 aliphatic carbocycles. The second-order valence-corrected chi connectivity index (χ2v) is 6.69. The predicted octanol–water partition coefficient (Wildman–Crippen LogP) is 0.00710. The zero-order valence-corrected chi connectivity index (χ0v) is 13.5. The lowest BCUT2D eigenvalue weighted by Crippen LogP contribution is -2.41. The molecule has 132 valence electrons. The molecule has 0 bridgehead atoms. The lowest BCUT2D eigenvalue weighted by Gasteiger charge is -2.22. The molecule has 2 amide bonds. The SMILES string of the molecule is O=C1NC[C@@]2(C(=O)O)CN(C(=O)CCc3ccc4c(c3)OCO4)C[C@@H]12. The van der Waals surface area contributed by atoms with Crippen molar-refractivity contribution >= 4 is 17.8 Å². The standard InChI is InChI=1S/C17H18N2O6/c20-14(4-2-10-1-3-12-13(5-10)25-9-24-12)19-6-11-15(21)18-7-17(11,8-19)16(22)23/h1,3,5,11H,2,4,6-9H2,(H,18,21)(H,22,23)/t11-,17+/m0/s1. The fourth-order valence-corrected chi connectivity index (χ4v) is 3.78. The van der Waals surface area contributed by atoms with Gasteiger partial charge in [0.1, 0.15) is 5.41 Å². The third-order valence-corrected chi connectivity index (χ3v) is 5.28. The van der Waals surface area contributed by atoms with Crippen molar-refractivity contribution in [1.29, 1.82) is 0 Å². The van der Waals surface area contributed by atoms with Crippen molar-refractivity contribution in [3.8, 4) is 11.5 Å². The Labute approximate surface area is 143 Å². The average molecular weight is 346 g/mol. The summed E-state index contributed by atoms with van der Waals surface area (Å²) in [5.74, 6) is -0.755. The van der Waals surface area contributed by atoms with Crippen LogP contribution >= 0.6 is 0 Å². The van der Waals surface area contributed by atoms with Crippen molar-refractivity contribution < 1.29 is 29.0 Å². The molecule has 8 heteroatoms. The van der Waals surface area contributed by atoms with Crippen LogP contribution in [0.25, 0.3) is 0 Å². The highest BCUT2D eigenvalue weighted by molar-refractivity contribution is 5.93. The van der Waals surface area contributed by atoms with E-state index in [2.05, 4.69) is 5.32 Å². The third kappa shape index (κ3) is 2.48. The summed E-state index contributed by atoms with van der Waals surface area (Å²) < 4.78 is 10.6. The number of carbonyl (C=O) groups is 3. The maximum Gasteiger partial charge on any atom is 0.314 e. The number of nitrogens with zero attached hydrogens (tertiary/aromatic N) is 1. The number of likely N-dealkylation sites (tertiary alicyclic amines) is 1. The number of rotatable bonds is 4. The summed E-state index contributed by atoms with van der Waals surface area (Å²) >= 11 is 0. The zero-order chi connectivity index (χ0) is 17.6. The van der Waals surface area contributed by atoms with Crippen LogP contribution in [0.15, 0.2) is 18.2 Å². The van der Waals surface area contributed by atoms with Crippen LogP contribution in [0.3, 0.4) is 0 Å². The van der Waals surface area contributed by atoms with E-state index in [0.717, 1.165) is 5.56 Å². The van der Waals surface area contributed by atoms with Gasteiger partial charge in [-0.3, -0.25) is 14.4 Å². The number of carboxylic acids is 1. The molecule has 25 heavy (non-hydrogen) atoms. The van der Waals surface area contributed by atoms with Gasteiger partial charge in [0.05, 0.1) is 5.92 Å². The van der Waals surface area contributed by atoms with Gasteiger partial charge in [0.2, 0.25) is 18.6 Å². The average Bonchev–Trinajstić information content (AvgIpc) is 3.28. The van der Waals surface area contributed by atoms with Crippen molar-refractivity contribution in [2.24, 2.45) is 11.3 Å². The Bertz CT molecular complexity index is 764. The summed E-state index contributed by atoms with van der Waals surface area (Å²) in [6.07, 6.45) is 0.770. The quantitative estimate of drug-likeness (QED) is 0.796. The molecule has 0 saturated carbocycles. The number of hydrogen-bond acceptors (Lipinski definition) is 5. The van der Waals surface area contributed by atoms with E-state index >= 15 is 0 Å². The maximum absolute atomic E-state index is 12.5. The molecular weight excluding hydrogens is 328 g/mol. The molecule has 1 aromatic rings. The molecule has 0 spiro atoms. The second-order valence-electron chi connectivity index (χ2n) is 6.69. The summed E-state index contributed by atoms with van der Waals surface area (Å²) in [5.41, 5.74) is -0.242. The lowest BCUT2D eigenvalue weighted by molar-refractivity contribution is -0.150. The number of amides is 2. The summed E-state index contributed by atoms with van der Waals surface area (Å²) in [6.45, 7) is 0.522. The van der Waals surface area contributed by atoms with Crippen LogP contribution in [-0.4, -0.2) is 54.2 Å². The molecule has 3 heterocycles. The zero-order valence-electron chi connectivity index (χ0n) is 13.5. The molecule has 2 saturated heterocycles. The molecule has 0 radical (unpaired) electrons. The van der Waals surface area contributed by atoms with E-state index in [9.17, 15) is 19.5 Å². The Kier molecular flexibility index (Phi) is 3.55. The van der Waals surface area contributed by atoms with E-state index in [4.69, 9.17) is 9.47 Å². The molecular formula is C17H18N2O6. The first kappa shape index (κ1) is 15.7. The van der Waals surface area contributed by atoms with Gasteiger partial charge in [-0.25, -0.2) is 0 Å². The van der Waals surface area contributed by atoms with Crippen LogP contribution in [0.4, 0.5) is 0 Å². The first-order chi connectivity index (χ1) is 12.0. The van der Waals surface area contributed by atoms with E-state index in [1.807, 2.05) is 18.2 Å². The normalized spacial score (nSPS) is 26.5. The van der Waals surface area contributed by atoms with Gasteiger partial charge in [-0.15, -0.1) is 0 Å². The number of fused-ring (bicyclic) bond motifs is 2. The van der Waals surface area contributed by atoms with E-state index in [1.165, 1.54) is 4.90 Å². The van der Waals surface area contributed by atoms with Gasteiger partial charge in [-0.05, 0) is 24.1 Å². The van der Waals surface area contributed by atoms with Crippen molar-refractivity contribution in [3.63, 3.8) is 0 Å².